The lowest BCUT2D eigenvalue weighted by Crippen LogP contribution is -2.48. The second-order valence-electron chi connectivity index (χ2n) is 8.22. The van der Waals surface area contributed by atoms with Crippen LogP contribution in [0.3, 0.4) is 0 Å². The molecule has 1 atom stereocenters. The summed E-state index contributed by atoms with van der Waals surface area (Å²) in [6.07, 6.45) is 0.841. The number of halogens is 3. The number of alkyl halides is 3. The average molecular weight is 588 g/mol. The van der Waals surface area contributed by atoms with E-state index < -0.39 is 10.0 Å². The fourth-order valence-corrected chi connectivity index (χ4v) is 4.83. The molecule has 192 valence electrons. The molecule has 0 saturated carbocycles. The minimum Gasteiger partial charge on any atom is -0.494 e. The van der Waals surface area contributed by atoms with Gasteiger partial charge in [0.05, 0.1) is 17.2 Å². The maximum Gasteiger partial charge on any atom is 0.270 e. The number of carbonyl (C=O) groups is 2. The predicted octanol–water partition coefficient (Wildman–Crippen LogP) is 6.73. The van der Waals surface area contributed by atoms with E-state index in [1.165, 1.54) is 16.7 Å². The third-order valence-electron chi connectivity index (χ3n) is 4.81. The largest absolute Gasteiger partial charge is 0.494 e. The van der Waals surface area contributed by atoms with Crippen LogP contribution >= 0.6 is 58.8 Å². The van der Waals surface area contributed by atoms with Gasteiger partial charge in [-0.1, -0.05) is 84.8 Å². The van der Waals surface area contributed by atoms with Crippen molar-refractivity contribution in [3.63, 3.8) is 0 Å². The number of benzene rings is 2. The number of rotatable bonds is 9. The first-order chi connectivity index (χ1) is 17.0. The van der Waals surface area contributed by atoms with E-state index in [4.69, 9.17) is 56.5 Å². The van der Waals surface area contributed by atoms with E-state index in [-0.39, 0.29) is 24.2 Å². The minimum absolute atomic E-state index is 0.141. The number of hydrogen-bond donors (Lipinski definition) is 1. The van der Waals surface area contributed by atoms with Gasteiger partial charge in [0.25, 0.3) is 5.91 Å². The van der Waals surface area contributed by atoms with Crippen LogP contribution in [0.15, 0.2) is 53.4 Å². The van der Waals surface area contributed by atoms with Crippen LogP contribution in [0.25, 0.3) is 6.08 Å². The average Bonchev–Trinajstić information content (AvgIpc) is 3.07. The normalized spacial score (nSPS) is 16.0. The quantitative estimate of drug-likeness (QED) is 0.152. The Labute approximate surface area is 235 Å². The smallest absolute Gasteiger partial charge is 0.270 e. The molecule has 2 aromatic carbocycles. The fraction of sp³-hybridized carbons (Fsp3) is 0.320. The molecule has 2 aromatic rings. The number of thiocarbonyl (C=S) groups is 1. The summed E-state index contributed by atoms with van der Waals surface area (Å²) in [5.74, 6) is 0.755. The van der Waals surface area contributed by atoms with E-state index >= 15 is 0 Å². The summed E-state index contributed by atoms with van der Waals surface area (Å²) in [5, 5.41) is 2.61. The van der Waals surface area contributed by atoms with Crippen LogP contribution in [0.5, 0.6) is 11.5 Å². The molecule has 1 N–H and O–H groups in total. The molecular formula is C25H25Cl3N2O4S2. The topological polar surface area (TPSA) is 67.9 Å². The Balaban J connectivity index is 1.71. The van der Waals surface area contributed by atoms with Gasteiger partial charge in [0.1, 0.15) is 11.5 Å². The number of nitrogens with one attached hydrogen (secondary N) is 1. The molecule has 3 rings (SSSR count). The molecule has 1 saturated heterocycles. The molecule has 0 spiro atoms. The van der Waals surface area contributed by atoms with Gasteiger partial charge in [-0.2, -0.15) is 0 Å². The first kappa shape index (κ1) is 28.6. The zero-order valence-electron chi connectivity index (χ0n) is 19.8. The minimum atomic E-state index is -1.87. The van der Waals surface area contributed by atoms with Gasteiger partial charge >= 0.3 is 0 Å². The summed E-state index contributed by atoms with van der Waals surface area (Å²) in [5.41, 5.74) is 1.43. The molecule has 0 bridgehead atoms. The Hall–Kier alpha value is -1.97. The van der Waals surface area contributed by atoms with Gasteiger partial charge in [-0.3, -0.25) is 14.5 Å². The number of anilines is 1. The highest BCUT2D eigenvalue weighted by atomic mass is 35.6. The number of thioether (sulfide) groups is 1. The third kappa shape index (κ3) is 7.76. The molecule has 1 aliphatic heterocycles. The van der Waals surface area contributed by atoms with Crippen molar-refractivity contribution in [2.75, 3.05) is 11.5 Å². The maximum atomic E-state index is 13.0. The monoisotopic (exact) mass is 586 g/mol. The van der Waals surface area contributed by atoms with Crippen molar-refractivity contribution in [2.24, 2.45) is 5.92 Å². The summed E-state index contributed by atoms with van der Waals surface area (Å²) in [7, 11) is 0. The van der Waals surface area contributed by atoms with Gasteiger partial charge in [0, 0.05) is 6.42 Å². The number of amides is 2. The molecular weight excluding hydrogens is 563 g/mol. The summed E-state index contributed by atoms with van der Waals surface area (Å²) >= 11 is 24.7. The molecule has 1 unspecified atom stereocenters. The Morgan fingerprint density at radius 2 is 1.72 bits per heavy atom. The maximum absolute atomic E-state index is 13.0. The van der Waals surface area contributed by atoms with Gasteiger partial charge in [-0.15, -0.1) is 0 Å². The van der Waals surface area contributed by atoms with Crippen molar-refractivity contribution in [2.45, 2.75) is 37.2 Å². The highest BCUT2D eigenvalue weighted by Crippen LogP contribution is 2.37. The summed E-state index contributed by atoms with van der Waals surface area (Å²) in [4.78, 5) is 27.2. The number of ether oxygens (including phenoxy) is 2. The van der Waals surface area contributed by atoms with Crippen molar-refractivity contribution >= 4 is 86.7 Å². The molecule has 0 aromatic heterocycles. The Bertz CT molecular complexity index is 1130. The van der Waals surface area contributed by atoms with Crippen molar-refractivity contribution in [1.29, 1.82) is 0 Å². The van der Waals surface area contributed by atoms with Gasteiger partial charge in [0.2, 0.25) is 15.9 Å². The SMILES string of the molecule is CCOc1ccc(N2C(=O)/C(=C\c3ccc(OC(NC(=O)CC(C)C)C(Cl)(Cl)Cl)cc3)SC2=S)cc1. The molecule has 1 fully saturated rings. The van der Waals surface area contributed by atoms with Crippen LogP contribution in [0, 0.1) is 5.92 Å². The second-order valence-corrected chi connectivity index (χ2v) is 12.3. The van der Waals surface area contributed by atoms with E-state index in [1.807, 2.05) is 20.8 Å². The fourth-order valence-electron chi connectivity index (χ4n) is 3.23. The van der Waals surface area contributed by atoms with Crippen molar-refractivity contribution < 1.29 is 19.1 Å². The van der Waals surface area contributed by atoms with E-state index in [2.05, 4.69) is 5.32 Å². The van der Waals surface area contributed by atoms with E-state index in [0.717, 1.165) is 11.3 Å². The molecule has 11 heteroatoms. The van der Waals surface area contributed by atoms with E-state index in [9.17, 15) is 9.59 Å². The van der Waals surface area contributed by atoms with Crippen LogP contribution in [-0.2, 0) is 9.59 Å². The van der Waals surface area contributed by atoms with Crippen LogP contribution < -0.4 is 19.7 Å². The first-order valence-electron chi connectivity index (χ1n) is 11.1. The van der Waals surface area contributed by atoms with Crippen molar-refractivity contribution in [3.8, 4) is 11.5 Å². The van der Waals surface area contributed by atoms with Crippen LogP contribution in [0.2, 0.25) is 0 Å². The van der Waals surface area contributed by atoms with Gasteiger partial charge in [-0.25, -0.2) is 0 Å². The van der Waals surface area contributed by atoms with Gasteiger partial charge < -0.3 is 14.8 Å². The number of nitrogens with zero attached hydrogens (tertiary/aromatic N) is 1. The molecule has 2 amide bonds. The molecule has 36 heavy (non-hydrogen) atoms. The summed E-state index contributed by atoms with van der Waals surface area (Å²) < 4.78 is 9.76. The molecule has 1 aliphatic rings. The summed E-state index contributed by atoms with van der Waals surface area (Å²) in [6.45, 7) is 6.29. The lowest BCUT2D eigenvalue weighted by atomic mass is 10.1. The Morgan fingerprint density at radius 1 is 1.11 bits per heavy atom. The number of hydrogen-bond acceptors (Lipinski definition) is 6. The predicted molar refractivity (Wildman–Crippen MR) is 152 cm³/mol. The first-order valence-corrected chi connectivity index (χ1v) is 13.5. The third-order valence-corrected chi connectivity index (χ3v) is 6.71. The Morgan fingerprint density at radius 3 is 2.28 bits per heavy atom. The van der Waals surface area contributed by atoms with Crippen LogP contribution in [0.4, 0.5) is 5.69 Å². The molecule has 6 nitrogen and oxygen atoms in total. The number of carbonyl (C=O) groups excluding carboxylic acids is 2. The van der Waals surface area contributed by atoms with Crippen molar-refractivity contribution in [3.05, 3.63) is 59.0 Å². The lowest BCUT2D eigenvalue weighted by Gasteiger charge is -2.26. The zero-order chi connectivity index (χ0) is 26.5. The molecule has 1 heterocycles. The highest BCUT2D eigenvalue weighted by Gasteiger charge is 2.36. The van der Waals surface area contributed by atoms with E-state index in [1.54, 1.807) is 54.6 Å². The van der Waals surface area contributed by atoms with E-state index in [0.29, 0.717) is 27.3 Å². The standard InChI is InChI=1S/C25H25Cl3N2O4S2/c1-4-33-18-11-7-17(8-12-18)30-22(32)20(36-24(30)35)14-16-5-9-19(10-6-16)34-23(25(26,27)28)29-21(31)13-15(2)3/h5-12,14-15,23H,4,13H2,1-3H3,(H,29,31)/b20-14+. The van der Waals surface area contributed by atoms with Crippen LogP contribution in [-0.4, -0.2) is 32.8 Å². The van der Waals surface area contributed by atoms with Crippen molar-refractivity contribution in [1.82, 2.24) is 5.32 Å². The van der Waals surface area contributed by atoms with Crippen LogP contribution in [0.1, 0.15) is 32.8 Å². The molecule has 0 radical (unpaired) electrons. The lowest BCUT2D eigenvalue weighted by molar-refractivity contribution is -0.124. The Kier molecular flexibility index (Phi) is 9.94. The van der Waals surface area contributed by atoms with Gasteiger partial charge in [0.15, 0.2) is 4.32 Å². The second kappa shape index (κ2) is 12.5. The summed E-state index contributed by atoms with van der Waals surface area (Å²) in [6, 6.07) is 14.0. The zero-order valence-corrected chi connectivity index (χ0v) is 23.7. The van der Waals surface area contributed by atoms with Gasteiger partial charge in [-0.05, 0) is 60.9 Å². The molecule has 0 aliphatic carbocycles. The highest BCUT2D eigenvalue weighted by molar-refractivity contribution is 8.27.